The fraction of sp³-hybridized carbons (Fsp3) is 1.00. The molecule has 0 aliphatic heterocycles. The van der Waals surface area contributed by atoms with Crippen LogP contribution in [0.1, 0.15) is 58.8 Å². The first-order valence-corrected chi connectivity index (χ1v) is 6.74. The van der Waals surface area contributed by atoms with Crippen molar-refractivity contribution in [3.05, 3.63) is 0 Å². The maximum Gasteiger partial charge on any atom is 0.0110 e. The Labute approximate surface area is 95.0 Å². The molecule has 3 atom stereocenters. The van der Waals surface area contributed by atoms with Crippen LogP contribution in [0.25, 0.3) is 0 Å². The highest BCUT2D eigenvalue weighted by atomic mass is 15.0. The normalized spacial score (nSPS) is 28.2. The van der Waals surface area contributed by atoms with Crippen LogP contribution in [0.4, 0.5) is 0 Å². The van der Waals surface area contributed by atoms with Gasteiger partial charge >= 0.3 is 0 Å². The minimum atomic E-state index is 0.675. The highest BCUT2D eigenvalue weighted by molar-refractivity contribution is 4.85. The van der Waals surface area contributed by atoms with Crippen molar-refractivity contribution < 1.29 is 0 Å². The third-order valence-corrected chi connectivity index (χ3v) is 3.70. The lowest BCUT2D eigenvalue weighted by molar-refractivity contribution is 0.354. The molecule has 1 rings (SSSR count). The molecule has 2 heteroatoms. The second-order valence-electron chi connectivity index (χ2n) is 5.10. The van der Waals surface area contributed by atoms with Gasteiger partial charge in [0.2, 0.25) is 0 Å². The first kappa shape index (κ1) is 13.0. The molecule has 0 aromatic carbocycles. The molecule has 0 radical (unpaired) electrons. The van der Waals surface area contributed by atoms with Gasteiger partial charge in [0.05, 0.1) is 0 Å². The van der Waals surface area contributed by atoms with Gasteiger partial charge in [-0.3, -0.25) is 0 Å². The summed E-state index contributed by atoms with van der Waals surface area (Å²) < 4.78 is 0. The molecule has 1 aliphatic carbocycles. The number of nitrogens with two attached hydrogens (primary N) is 1. The van der Waals surface area contributed by atoms with Gasteiger partial charge in [-0.15, -0.1) is 0 Å². The Morgan fingerprint density at radius 2 is 2.13 bits per heavy atom. The van der Waals surface area contributed by atoms with Gasteiger partial charge in [-0.2, -0.15) is 0 Å². The lowest BCUT2D eigenvalue weighted by atomic mass is 10.0. The molecule has 3 N–H and O–H groups in total. The summed E-state index contributed by atoms with van der Waals surface area (Å²) in [6.45, 7) is 5.44. The largest absolute Gasteiger partial charge is 0.330 e. The summed E-state index contributed by atoms with van der Waals surface area (Å²) in [6, 6.07) is 1.38. The van der Waals surface area contributed by atoms with Crippen LogP contribution >= 0.6 is 0 Å². The van der Waals surface area contributed by atoms with Crippen LogP contribution < -0.4 is 11.1 Å². The first-order chi connectivity index (χ1) is 7.27. The van der Waals surface area contributed by atoms with E-state index in [0.717, 1.165) is 12.5 Å². The standard InChI is InChI=1S/C13H28N2/c1-3-4-5-7-11(2)15-13-9-6-8-12(13)10-14/h11-13,15H,3-10,14H2,1-2H3. The van der Waals surface area contributed by atoms with E-state index in [-0.39, 0.29) is 0 Å². The zero-order chi connectivity index (χ0) is 11.1. The van der Waals surface area contributed by atoms with Gasteiger partial charge in [-0.25, -0.2) is 0 Å². The Hall–Kier alpha value is -0.0800. The molecule has 90 valence electrons. The van der Waals surface area contributed by atoms with Gasteiger partial charge in [0.1, 0.15) is 0 Å². The summed E-state index contributed by atoms with van der Waals surface area (Å²) in [6.07, 6.45) is 9.40. The SMILES string of the molecule is CCCCCC(C)NC1CCCC1CN. The summed E-state index contributed by atoms with van der Waals surface area (Å²) >= 11 is 0. The second-order valence-corrected chi connectivity index (χ2v) is 5.10. The van der Waals surface area contributed by atoms with Gasteiger partial charge < -0.3 is 11.1 Å². The van der Waals surface area contributed by atoms with Crippen molar-refractivity contribution >= 4 is 0 Å². The maximum atomic E-state index is 5.78. The van der Waals surface area contributed by atoms with E-state index in [4.69, 9.17) is 5.73 Å². The maximum absolute atomic E-state index is 5.78. The van der Waals surface area contributed by atoms with Crippen molar-refractivity contribution in [3.8, 4) is 0 Å². The zero-order valence-corrected chi connectivity index (χ0v) is 10.5. The van der Waals surface area contributed by atoms with Crippen LogP contribution in [0.5, 0.6) is 0 Å². The van der Waals surface area contributed by atoms with E-state index in [1.54, 1.807) is 0 Å². The monoisotopic (exact) mass is 212 g/mol. The summed E-state index contributed by atoms with van der Waals surface area (Å²) in [5.74, 6) is 0.735. The fourth-order valence-electron chi connectivity index (χ4n) is 2.69. The van der Waals surface area contributed by atoms with E-state index in [0.29, 0.717) is 12.1 Å². The minimum Gasteiger partial charge on any atom is -0.330 e. The second kappa shape index (κ2) is 7.24. The molecule has 0 spiro atoms. The van der Waals surface area contributed by atoms with E-state index < -0.39 is 0 Å². The number of hydrogen-bond acceptors (Lipinski definition) is 2. The van der Waals surface area contributed by atoms with Crippen molar-refractivity contribution in [2.24, 2.45) is 11.7 Å². The van der Waals surface area contributed by atoms with E-state index in [2.05, 4.69) is 19.2 Å². The molecule has 1 aliphatic rings. The molecular weight excluding hydrogens is 184 g/mol. The fourth-order valence-corrected chi connectivity index (χ4v) is 2.69. The number of rotatable bonds is 7. The summed E-state index contributed by atoms with van der Waals surface area (Å²) in [4.78, 5) is 0. The third kappa shape index (κ3) is 4.52. The van der Waals surface area contributed by atoms with Crippen LogP contribution in [0.15, 0.2) is 0 Å². The van der Waals surface area contributed by atoms with E-state index in [9.17, 15) is 0 Å². The molecule has 3 unspecified atom stereocenters. The lowest BCUT2D eigenvalue weighted by Gasteiger charge is -2.24. The lowest BCUT2D eigenvalue weighted by Crippen LogP contribution is -2.41. The Kier molecular flexibility index (Phi) is 6.26. The molecule has 0 heterocycles. The van der Waals surface area contributed by atoms with Crippen LogP contribution in [0, 0.1) is 5.92 Å². The molecule has 0 bridgehead atoms. The zero-order valence-electron chi connectivity index (χ0n) is 10.5. The Morgan fingerprint density at radius 1 is 1.33 bits per heavy atom. The number of unbranched alkanes of at least 4 members (excludes halogenated alkanes) is 2. The number of hydrogen-bond donors (Lipinski definition) is 2. The average molecular weight is 212 g/mol. The molecule has 0 aromatic heterocycles. The molecular formula is C13H28N2. The molecule has 1 fully saturated rings. The molecule has 0 amide bonds. The van der Waals surface area contributed by atoms with Gasteiger partial charge in [0, 0.05) is 12.1 Å². The molecule has 0 saturated heterocycles. The molecule has 15 heavy (non-hydrogen) atoms. The predicted molar refractivity (Wildman–Crippen MR) is 66.9 cm³/mol. The summed E-state index contributed by atoms with van der Waals surface area (Å²) in [5.41, 5.74) is 5.78. The van der Waals surface area contributed by atoms with Gasteiger partial charge in [0.15, 0.2) is 0 Å². The minimum absolute atomic E-state index is 0.675. The average Bonchev–Trinajstić information content (AvgIpc) is 2.65. The smallest absolute Gasteiger partial charge is 0.0110 e. The Morgan fingerprint density at radius 3 is 2.80 bits per heavy atom. The molecule has 0 aromatic rings. The van der Waals surface area contributed by atoms with Crippen LogP contribution in [-0.2, 0) is 0 Å². The first-order valence-electron chi connectivity index (χ1n) is 6.74. The van der Waals surface area contributed by atoms with Crippen LogP contribution in [0.3, 0.4) is 0 Å². The van der Waals surface area contributed by atoms with E-state index >= 15 is 0 Å². The predicted octanol–water partition coefficient (Wildman–Crippen LogP) is 2.67. The van der Waals surface area contributed by atoms with Gasteiger partial charge in [0.25, 0.3) is 0 Å². The van der Waals surface area contributed by atoms with Crippen molar-refractivity contribution in [2.75, 3.05) is 6.54 Å². The van der Waals surface area contributed by atoms with E-state index in [1.807, 2.05) is 0 Å². The third-order valence-electron chi connectivity index (χ3n) is 3.70. The number of nitrogens with one attached hydrogen (secondary N) is 1. The van der Waals surface area contributed by atoms with Crippen molar-refractivity contribution in [1.82, 2.24) is 5.32 Å². The van der Waals surface area contributed by atoms with Gasteiger partial charge in [-0.1, -0.05) is 32.6 Å². The quantitative estimate of drug-likeness (QED) is 0.637. The Balaban J connectivity index is 2.15. The van der Waals surface area contributed by atoms with E-state index in [1.165, 1.54) is 44.9 Å². The summed E-state index contributed by atoms with van der Waals surface area (Å²) in [7, 11) is 0. The molecule has 1 saturated carbocycles. The van der Waals surface area contributed by atoms with Crippen molar-refractivity contribution in [2.45, 2.75) is 70.9 Å². The highest BCUT2D eigenvalue weighted by Crippen LogP contribution is 2.25. The van der Waals surface area contributed by atoms with Crippen molar-refractivity contribution in [1.29, 1.82) is 0 Å². The molecule has 2 nitrogen and oxygen atoms in total. The van der Waals surface area contributed by atoms with Crippen molar-refractivity contribution in [3.63, 3.8) is 0 Å². The van der Waals surface area contributed by atoms with Crippen LogP contribution in [-0.4, -0.2) is 18.6 Å². The van der Waals surface area contributed by atoms with Crippen LogP contribution in [0.2, 0.25) is 0 Å². The topological polar surface area (TPSA) is 38.0 Å². The Bertz CT molecular complexity index is 159. The van der Waals surface area contributed by atoms with Gasteiger partial charge in [-0.05, 0) is 38.6 Å². The summed E-state index contributed by atoms with van der Waals surface area (Å²) in [5, 5.41) is 3.76. The highest BCUT2D eigenvalue weighted by Gasteiger charge is 2.26.